The first-order valence-corrected chi connectivity index (χ1v) is 13.1. The van der Waals surface area contributed by atoms with Gasteiger partial charge >= 0.3 is 6.01 Å². The lowest BCUT2D eigenvalue weighted by Gasteiger charge is -2.35. The topological polar surface area (TPSA) is 133 Å². The maximum absolute atomic E-state index is 14.4. The van der Waals surface area contributed by atoms with E-state index in [9.17, 15) is 14.4 Å². The summed E-state index contributed by atoms with van der Waals surface area (Å²) in [4.78, 5) is 56.8. The Morgan fingerprint density at radius 1 is 1.07 bits per heavy atom. The Morgan fingerprint density at radius 2 is 1.83 bits per heavy atom. The van der Waals surface area contributed by atoms with Crippen molar-refractivity contribution >= 4 is 34.8 Å². The summed E-state index contributed by atoms with van der Waals surface area (Å²) in [5.41, 5.74) is 0.211. The van der Waals surface area contributed by atoms with Gasteiger partial charge in [-0.3, -0.25) is 19.3 Å². The molecule has 0 fully saturated rings. The summed E-state index contributed by atoms with van der Waals surface area (Å²) < 4.78 is 13.9. The van der Waals surface area contributed by atoms with Gasteiger partial charge in [0.25, 0.3) is 17.4 Å². The number of halogens is 1. The molecule has 2 aliphatic rings. The van der Waals surface area contributed by atoms with Gasteiger partial charge in [-0.2, -0.15) is 4.98 Å². The number of carbonyl (C=O) groups excluding carboxylic acids is 2. The van der Waals surface area contributed by atoms with Gasteiger partial charge in [0, 0.05) is 41.8 Å². The lowest BCUT2D eigenvalue weighted by molar-refractivity contribution is -0.119. The summed E-state index contributed by atoms with van der Waals surface area (Å²) in [6.45, 7) is 5.63. The average Bonchev–Trinajstić information content (AvgIpc) is 3.54. The number of nitrogens with one attached hydrogen (secondary N) is 1. The van der Waals surface area contributed by atoms with Crippen molar-refractivity contribution in [2.75, 3.05) is 24.4 Å². The molecule has 1 N–H and O–H groups in total. The van der Waals surface area contributed by atoms with Gasteiger partial charge in [-0.1, -0.05) is 17.7 Å². The van der Waals surface area contributed by atoms with E-state index in [0.29, 0.717) is 33.4 Å². The van der Waals surface area contributed by atoms with Gasteiger partial charge in [0.1, 0.15) is 11.5 Å². The van der Waals surface area contributed by atoms with Crippen LogP contribution >= 0.6 is 11.6 Å². The lowest BCUT2D eigenvalue weighted by atomic mass is 9.87. The minimum atomic E-state index is -1.76. The Kier molecular flexibility index (Phi) is 5.93. The number of hydrogen-bond acceptors (Lipinski definition) is 8. The van der Waals surface area contributed by atoms with Crippen LogP contribution in [-0.4, -0.2) is 50.1 Å². The fourth-order valence-corrected chi connectivity index (χ4v) is 5.95. The average molecular weight is 576 g/mol. The summed E-state index contributed by atoms with van der Waals surface area (Å²) in [6.07, 6.45) is 3.16. The summed E-state index contributed by atoms with van der Waals surface area (Å²) in [5.74, 6) is -0.618. The Labute approximate surface area is 239 Å². The number of pyridine rings is 1. The molecule has 6 rings (SSSR count). The zero-order chi connectivity index (χ0) is 29.4. The molecule has 0 saturated carbocycles. The molecule has 1 aromatic carbocycles. The van der Waals surface area contributed by atoms with E-state index in [2.05, 4.69) is 15.3 Å². The summed E-state index contributed by atoms with van der Waals surface area (Å²) >= 11 is 6.30. The monoisotopic (exact) mass is 575 g/mol. The van der Waals surface area contributed by atoms with E-state index in [0.717, 1.165) is 5.56 Å². The van der Waals surface area contributed by atoms with Crippen LogP contribution in [0.1, 0.15) is 47.2 Å². The number of fused-ring (bicyclic) bond motifs is 4. The number of aryl methyl sites for hydroxylation is 2. The molecular formula is C28H26ClN7O5. The normalized spacial score (nSPS) is 17.3. The van der Waals surface area contributed by atoms with Crippen molar-refractivity contribution in [3.8, 4) is 23.3 Å². The quantitative estimate of drug-likeness (QED) is 0.382. The van der Waals surface area contributed by atoms with Gasteiger partial charge in [-0.05, 0) is 44.5 Å². The second-order valence-electron chi connectivity index (χ2n) is 10.2. The molecule has 1 spiro atoms. The molecule has 0 saturated heterocycles. The van der Waals surface area contributed by atoms with Gasteiger partial charge in [-0.15, -0.1) is 0 Å². The number of carbonyl (C=O) groups is 2. The third-order valence-electron chi connectivity index (χ3n) is 7.35. The van der Waals surface area contributed by atoms with E-state index in [1.807, 2.05) is 20.8 Å². The molecule has 4 aromatic rings. The maximum Gasteiger partial charge on any atom is 0.319 e. The second kappa shape index (κ2) is 9.16. The first-order chi connectivity index (χ1) is 19.5. The smallest absolute Gasteiger partial charge is 0.319 e. The van der Waals surface area contributed by atoms with Crippen molar-refractivity contribution in [3.05, 3.63) is 74.6 Å². The van der Waals surface area contributed by atoms with Crippen LogP contribution < -0.4 is 25.2 Å². The molecule has 3 aromatic heterocycles. The molecule has 1 atom stereocenters. The highest BCUT2D eigenvalue weighted by molar-refractivity contribution is 6.31. The van der Waals surface area contributed by atoms with Gasteiger partial charge in [0.05, 0.1) is 25.5 Å². The van der Waals surface area contributed by atoms with Crippen molar-refractivity contribution in [3.63, 3.8) is 0 Å². The minimum Gasteiger partial charge on any atom is -0.480 e. The number of anilines is 2. The Balaban J connectivity index is 1.74. The van der Waals surface area contributed by atoms with E-state index in [4.69, 9.17) is 26.1 Å². The van der Waals surface area contributed by atoms with Gasteiger partial charge in [0.2, 0.25) is 5.88 Å². The standard InChI is InChI=1S/C28H26ClN7O5/c1-13(2)35-21-20(32-22(35)16-11-30-27(41-6)33-23(16)40-5)25(38)36(19-9-14(3)12-34(4)24(19)37)28(21)17-8-7-15(29)10-18(17)31-26(28)39/h7-13H,1-6H3,(H,31,39). The molecule has 2 aliphatic heterocycles. The van der Waals surface area contributed by atoms with E-state index in [1.165, 1.54) is 29.9 Å². The zero-order valence-electron chi connectivity index (χ0n) is 23.1. The van der Waals surface area contributed by atoms with Crippen molar-refractivity contribution in [1.82, 2.24) is 24.1 Å². The summed E-state index contributed by atoms with van der Waals surface area (Å²) in [7, 11) is 4.49. The SMILES string of the molecule is COc1ncc(-c2nc3c(n2C(C)C)C2(C(=O)Nc4cc(Cl)ccc42)N(c2cc(C)cn(C)c2=O)C3=O)c(OC)n1. The van der Waals surface area contributed by atoms with Crippen LogP contribution in [0.4, 0.5) is 11.4 Å². The number of rotatable bonds is 5. The number of nitrogens with zero attached hydrogens (tertiary/aromatic N) is 6. The summed E-state index contributed by atoms with van der Waals surface area (Å²) in [6, 6.07) is 6.36. The maximum atomic E-state index is 14.4. The van der Waals surface area contributed by atoms with Crippen LogP contribution in [0.3, 0.4) is 0 Å². The number of methoxy groups -OCH3 is 2. The highest BCUT2D eigenvalue weighted by Gasteiger charge is 2.64. The van der Waals surface area contributed by atoms with Crippen LogP contribution in [0.2, 0.25) is 5.02 Å². The van der Waals surface area contributed by atoms with Crippen LogP contribution in [0.25, 0.3) is 11.4 Å². The van der Waals surface area contributed by atoms with Crippen LogP contribution in [0, 0.1) is 6.92 Å². The second-order valence-corrected chi connectivity index (χ2v) is 10.6. The number of amides is 2. The molecule has 0 aliphatic carbocycles. The molecular weight excluding hydrogens is 550 g/mol. The Hall–Kier alpha value is -4.71. The van der Waals surface area contributed by atoms with Crippen molar-refractivity contribution in [2.45, 2.75) is 32.4 Å². The molecule has 5 heterocycles. The van der Waals surface area contributed by atoms with Crippen LogP contribution in [0.15, 0.2) is 41.5 Å². The minimum absolute atomic E-state index is 0.0214. The number of hydrogen-bond donors (Lipinski definition) is 1. The Morgan fingerprint density at radius 3 is 2.51 bits per heavy atom. The fourth-order valence-electron chi connectivity index (χ4n) is 5.78. The largest absolute Gasteiger partial charge is 0.480 e. The summed E-state index contributed by atoms with van der Waals surface area (Å²) in [5, 5.41) is 3.31. The highest BCUT2D eigenvalue weighted by Crippen LogP contribution is 2.54. The highest BCUT2D eigenvalue weighted by atomic mass is 35.5. The lowest BCUT2D eigenvalue weighted by Crippen LogP contribution is -2.53. The third kappa shape index (κ3) is 3.53. The number of aromatic nitrogens is 5. The van der Waals surface area contributed by atoms with E-state index in [1.54, 1.807) is 42.1 Å². The number of ether oxygens (including phenoxy) is 2. The molecule has 0 radical (unpaired) electrons. The number of benzene rings is 1. The molecule has 210 valence electrons. The van der Waals surface area contributed by atoms with Crippen molar-refractivity contribution < 1.29 is 19.1 Å². The number of imidazole rings is 1. The predicted molar refractivity (Wildman–Crippen MR) is 151 cm³/mol. The first kappa shape index (κ1) is 26.5. The van der Waals surface area contributed by atoms with Gasteiger partial charge < -0.3 is 23.9 Å². The van der Waals surface area contributed by atoms with Crippen molar-refractivity contribution in [1.29, 1.82) is 0 Å². The van der Waals surface area contributed by atoms with Crippen LogP contribution in [-0.2, 0) is 17.4 Å². The van der Waals surface area contributed by atoms with E-state index < -0.39 is 22.9 Å². The third-order valence-corrected chi connectivity index (χ3v) is 7.59. The Bertz CT molecular complexity index is 1850. The zero-order valence-corrected chi connectivity index (χ0v) is 23.9. The first-order valence-electron chi connectivity index (χ1n) is 12.8. The molecule has 1 unspecified atom stereocenters. The molecule has 2 amide bonds. The molecule has 0 bridgehead atoms. The molecule has 41 heavy (non-hydrogen) atoms. The van der Waals surface area contributed by atoms with Crippen molar-refractivity contribution in [2.24, 2.45) is 7.05 Å². The van der Waals surface area contributed by atoms with E-state index >= 15 is 0 Å². The molecule has 12 nitrogen and oxygen atoms in total. The van der Waals surface area contributed by atoms with E-state index in [-0.39, 0.29) is 29.3 Å². The predicted octanol–water partition coefficient (Wildman–Crippen LogP) is 3.45. The van der Waals surface area contributed by atoms with Crippen LogP contribution in [0.5, 0.6) is 11.9 Å². The van der Waals surface area contributed by atoms with Gasteiger partial charge in [0.15, 0.2) is 11.2 Å². The molecule has 13 heteroatoms. The van der Waals surface area contributed by atoms with Gasteiger partial charge in [-0.25, -0.2) is 9.97 Å². The fraction of sp³-hybridized carbons (Fsp3) is 0.286.